The summed E-state index contributed by atoms with van der Waals surface area (Å²) in [6, 6.07) is 15.2. The Kier molecular flexibility index (Phi) is 7.27. The van der Waals surface area contributed by atoms with E-state index in [9.17, 15) is 14.2 Å². The summed E-state index contributed by atoms with van der Waals surface area (Å²) in [5.41, 5.74) is 0.974. The Hall–Kier alpha value is -2.27. The molecule has 2 aromatic carbocycles. The molecular weight excluding hydrogens is 353 g/mol. The van der Waals surface area contributed by atoms with E-state index < -0.39 is 13.5 Å². The van der Waals surface area contributed by atoms with Gasteiger partial charge in [-0.05, 0) is 19.9 Å². The van der Waals surface area contributed by atoms with E-state index in [2.05, 4.69) is 5.32 Å². The van der Waals surface area contributed by atoms with E-state index in [1.165, 1.54) is 0 Å². The zero-order valence-electron chi connectivity index (χ0n) is 14.8. The van der Waals surface area contributed by atoms with Crippen LogP contribution in [0.2, 0.25) is 0 Å². The van der Waals surface area contributed by atoms with Gasteiger partial charge in [-0.25, -0.2) is 0 Å². The fourth-order valence-corrected chi connectivity index (χ4v) is 3.79. The zero-order chi connectivity index (χ0) is 19.0. The fourth-order valence-electron chi connectivity index (χ4n) is 2.41. The molecule has 2 rings (SSSR count). The number of ketones is 1. The molecule has 1 amide bonds. The Balaban J connectivity index is 2.20. The first kappa shape index (κ1) is 20.0. The number of rotatable bonds is 9. The number of amides is 1. The van der Waals surface area contributed by atoms with Crippen LogP contribution in [0.15, 0.2) is 54.6 Å². The number of benzene rings is 2. The Morgan fingerprint density at radius 1 is 0.885 bits per heavy atom. The van der Waals surface area contributed by atoms with Crippen LogP contribution in [0.1, 0.15) is 40.1 Å². The topological polar surface area (TPSA) is 81.7 Å². The summed E-state index contributed by atoms with van der Waals surface area (Å²) in [6.07, 6.45) is -0.263. The van der Waals surface area contributed by atoms with E-state index in [0.29, 0.717) is 5.56 Å². The molecule has 0 atom stereocenters. The number of carbonyl (C=O) groups excluding carboxylic acids is 2. The first-order valence-electron chi connectivity index (χ1n) is 8.36. The number of nitrogens with one attached hydrogen (secondary N) is 1. The van der Waals surface area contributed by atoms with E-state index >= 15 is 0 Å². The SMILES string of the molecule is CCOP(=O)(CNC(=O)c1ccccc1C(=O)c1ccccc1)OCC. The van der Waals surface area contributed by atoms with Gasteiger partial charge >= 0.3 is 7.60 Å². The van der Waals surface area contributed by atoms with Crippen LogP contribution in [-0.2, 0) is 13.6 Å². The van der Waals surface area contributed by atoms with Gasteiger partial charge in [0.1, 0.15) is 6.29 Å². The minimum Gasteiger partial charge on any atom is -0.340 e. The molecule has 0 fully saturated rings. The Labute approximate surface area is 153 Å². The second-order valence-electron chi connectivity index (χ2n) is 5.35. The van der Waals surface area contributed by atoms with Crippen LogP contribution in [-0.4, -0.2) is 31.2 Å². The van der Waals surface area contributed by atoms with E-state index in [-0.39, 0.29) is 36.4 Å². The second-order valence-corrected chi connectivity index (χ2v) is 7.41. The normalized spacial score (nSPS) is 11.2. The van der Waals surface area contributed by atoms with Crippen molar-refractivity contribution in [1.82, 2.24) is 5.32 Å². The lowest BCUT2D eigenvalue weighted by Crippen LogP contribution is -2.27. The van der Waals surface area contributed by atoms with Gasteiger partial charge in [0.2, 0.25) is 0 Å². The highest BCUT2D eigenvalue weighted by molar-refractivity contribution is 7.53. The van der Waals surface area contributed by atoms with Crippen molar-refractivity contribution in [3.8, 4) is 0 Å². The van der Waals surface area contributed by atoms with Crippen LogP contribution in [0.25, 0.3) is 0 Å². The molecule has 7 heteroatoms. The summed E-state index contributed by atoms with van der Waals surface area (Å²) in [7, 11) is -3.41. The van der Waals surface area contributed by atoms with Crippen molar-refractivity contribution in [2.75, 3.05) is 19.5 Å². The number of carbonyl (C=O) groups is 2. The molecule has 0 unspecified atom stereocenters. The van der Waals surface area contributed by atoms with Crippen LogP contribution in [0.4, 0.5) is 0 Å². The fraction of sp³-hybridized carbons (Fsp3) is 0.263. The average molecular weight is 375 g/mol. The molecule has 2 aromatic rings. The van der Waals surface area contributed by atoms with Gasteiger partial charge < -0.3 is 14.4 Å². The molecule has 0 aliphatic rings. The third-order valence-electron chi connectivity index (χ3n) is 3.54. The van der Waals surface area contributed by atoms with Crippen molar-refractivity contribution >= 4 is 19.3 Å². The molecule has 1 N–H and O–H groups in total. The predicted octanol–water partition coefficient (Wildman–Crippen LogP) is 3.87. The van der Waals surface area contributed by atoms with Gasteiger partial charge in [-0.1, -0.05) is 48.5 Å². The first-order valence-corrected chi connectivity index (χ1v) is 10.1. The van der Waals surface area contributed by atoms with Gasteiger partial charge in [-0.15, -0.1) is 0 Å². The van der Waals surface area contributed by atoms with Gasteiger partial charge in [0, 0.05) is 11.1 Å². The van der Waals surface area contributed by atoms with Crippen molar-refractivity contribution in [3.05, 3.63) is 71.3 Å². The van der Waals surface area contributed by atoms with E-state index in [0.717, 1.165) is 0 Å². The van der Waals surface area contributed by atoms with Crippen LogP contribution < -0.4 is 5.32 Å². The van der Waals surface area contributed by atoms with Gasteiger partial charge in [0.05, 0.1) is 18.8 Å². The van der Waals surface area contributed by atoms with Crippen molar-refractivity contribution in [3.63, 3.8) is 0 Å². The van der Waals surface area contributed by atoms with Crippen LogP contribution in [0.3, 0.4) is 0 Å². The molecule has 0 saturated carbocycles. The van der Waals surface area contributed by atoms with Gasteiger partial charge in [-0.2, -0.15) is 0 Å². The minimum atomic E-state index is -3.41. The monoisotopic (exact) mass is 375 g/mol. The standard InChI is InChI=1S/C19H22NO5P/c1-3-24-26(23,25-4-2)14-20-19(22)17-13-9-8-12-16(17)18(21)15-10-6-5-7-11-15/h5-13H,3-4,14H2,1-2H3,(H,20,22). The van der Waals surface area contributed by atoms with E-state index in [4.69, 9.17) is 9.05 Å². The molecule has 0 aliphatic carbocycles. The third kappa shape index (κ3) is 5.11. The second kappa shape index (κ2) is 9.43. The average Bonchev–Trinajstić information content (AvgIpc) is 2.67. The zero-order valence-corrected chi connectivity index (χ0v) is 15.7. The summed E-state index contributed by atoms with van der Waals surface area (Å²) < 4.78 is 22.8. The summed E-state index contributed by atoms with van der Waals surface area (Å²) in [6.45, 7) is 3.80. The molecule has 0 heterocycles. The van der Waals surface area contributed by atoms with E-state index in [1.54, 1.807) is 62.4 Å². The van der Waals surface area contributed by atoms with Gasteiger partial charge in [0.25, 0.3) is 5.91 Å². The van der Waals surface area contributed by atoms with Crippen LogP contribution >= 0.6 is 7.60 Å². The highest BCUT2D eigenvalue weighted by Crippen LogP contribution is 2.46. The lowest BCUT2D eigenvalue weighted by molar-refractivity contribution is 0.0943. The van der Waals surface area contributed by atoms with Crippen molar-refractivity contribution in [2.24, 2.45) is 0 Å². The molecule has 138 valence electrons. The van der Waals surface area contributed by atoms with Gasteiger partial charge in [0.15, 0.2) is 5.78 Å². The lowest BCUT2D eigenvalue weighted by Gasteiger charge is -2.17. The summed E-state index contributed by atoms with van der Waals surface area (Å²) in [5.74, 6) is -0.765. The molecule has 0 saturated heterocycles. The van der Waals surface area contributed by atoms with Crippen molar-refractivity contribution < 1.29 is 23.2 Å². The van der Waals surface area contributed by atoms with Crippen molar-refractivity contribution in [2.45, 2.75) is 13.8 Å². The minimum absolute atomic E-state index is 0.205. The third-order valence-corrected chi connectivity index (χ3v) is 5.39. The quantitative estimate of drug-likeness (QED) is 0.531. The molecule has 0 radical (unpaired) electrons. The van der Waals surface area contributed by atoms with Crippen molar-refractivity contribution in [1.29, 1.82) is 0 Å². The largest absolute Gasteiger partial charge is 0.349 e. The molecule has 26 heavy (non-hydrogen) atoms. The maximum absolute atomic E-state index is 12.7. The lowest BCUT2D eigenvalue weighted by atomic mass is 9.98. The molecular formula is C19H22NO5P. The predicted molar refractivity (Wildman–Crippen MR) is 99.5 cm³/mol. The van der Waals surface area contributed by atoms with Gasteiger partial charge in [-0.3, -0.25) is 14.2 Å². The highest BCUT2D eigenvalue weighted by Gasteiger charge is 2.26. The summed E-state index contributed by atoms with van der Waals surface area (Å²) in [4.78, 5) is 25.3. The molecule has 0 aromatic heterocycles. The van der Waals surface area contributed by atoms with E-state index in [1.807, 2.05) is 6.07 Å². The molecule has 0 aliphatic heterocycles. The smallest absolute Gasteiger partial charge is 0.340 e. The molecule has 6 nitrogen and oxygen atoms in total. The number of hydrogen-bond acceptors (Lipinski definition) is 5. The highest BCUT2D eigenvalue weighted by atomic mass is 31.2. The Morgan fingerprint density at radius 2 is 1.42 bits per heavy atom. The summed E-state index contributed by atoms with van der Waals surface area (Å²) >= 11 is 0. The molecule has 0 spiro atoms. The Morgan fingerprint density at radius 3 is 2.00 bits per heavy atom. The number of hydrogen-bond donors (Lipinski definition) is 1. The maximum atomic E-state index is 12.7. The van der Waals surface area contributed by atoms with Crippen LogP contribution in [0.5, 0.6) is 0 Å². The van der Waals surface area contributed by atoms with Crippen LogP contribution in [0, 0.1) is 0 Å². The summed E-state index contributed by atoms with van der Waals surface area (Å²) in [5, 5.41) is 2.55. The molecule has 0 bridgehead atoms. The first-order chi connectivity index (χ1) is 12.5. The maximum Gasteiger partial charge on any atom is 0.349 e. The Bertz CT molecular complexity index is 797.